The van der Waals surface area contributed by atoms with Gasteiger partial charge in [-0.2, -0.15) is 0 Å². The number of furan rings is 1. The number of ether oxygens (including phenoxy) is 2. The van der Waals surface area contributed by atoms with Gasteiger partial charge in [0.25, 0.3) is 0 Å². The molecule has 142 valence electrons. The number of methoxy groups -OCH3 is 2. The van der Waals surface area contributed by atoms with Crippen LogP contribution in [-0.4, -0.2) is 32.6 Å². The van der Waals surface area contributed by atoms with Gasteiger partial charge in [-0.15, -0.1) is 24.0 Å². The van der Waals surface area contributed by atoms with Gasteiger partial charge in [-0.05, 0) is 29.8 Å². The van der Waals surface area contributed by atoms with Crippen LogP contribution in [-0.2, 0) is 17.9 Å². The van der Waals surface area contributed by atoms with E-state index in [0.717, 1.165) is 5.56 Å². The number of halogens is 1. The van der Waals surface area contributed by atoms with Crippen molar-refractivity contribution in [2.75, 3.05) is 20.8 Å². The zero-order chi connectivity index (χ0) is 18.1. The molecule has 0 saturated carbocycles. The number of benzene rings is 1. The number of amides is 1. The van der Waals surface area contributed by atoms with Gasteiger partial charge in [0.2, 0.25) is 5.91 Å². The number of hydrogen-bond acceptors (Lipinski definition) is 5. The van der Waals surface area contributed by atoms with Gasteiger partial charge >= 0.3 is 0 Å². The molecule has 0 radical (unpaired) electrons. The molecule has 0 spiro atoms. The molecule has 0 fully saturated rings. The number of aliphatic imine (C=N–C) groups is 1. The zero-order valence-corrected chi connectivity index (χ0v) is 17.0. The molecular formula is C17H23IN4O4. The van der Waals surface area contributed by atoms with Gasteiger partial charge in [-0.25, -0.2) is 4.99 Å². The Morgan fingerprint density at radius 2 is 1.96 bits per heavy atom. The summed E-state index contributed by atoms with van der Waals surface area (Å²) in [6.45, 7) is 0.714. The second-order valence-electron chi connectivity index (χ2n) is 5.10. The second kappa shape index (κ2) is 11.2. The second-order valence-corrected chi connectivity index (χ2v) is 5.10. The molecule has 0 atom stereocenters. The van der Waals surface area contributed by atoms with Crippen LogP contribution in [0.5, 0.6) is 11.5 Å². The summed E-state index contributed by atoms with van der Waals surface area (Å²) in [5, 5.41) is 5.47. The maximum atomic E-state index is 11.7. The summed E-state index contributed by atoms with van der Waals surface area (Å²) in [5.41, 5.74) is 6.68. The predicted octanol–water partition coefficient (Wildman–Crippen LogP) is 1.64. The summed E-state index contributed by atoms with van der Waals surface area (Å²) in [6, 6.07) is 9.04. The van der Waals surface area contributed by atoms with Gasteiger partial charge in [0.1, 0.15) is 5.76 Å². The van der Waals surface area contributed by atoms with Crippen LogP contribution < -0.4 is 25.8 Å². The van der Waals surface area contributed by atoms with Gasteiger partial charge in [-0.3, -0.25) is 4.79 Å². The molecule has 1 aromatic heterocycles. The minimum Gasteiger partial charge on any atom is -0.493 e. The van der Waals surface area contributed by atoms with Crippen molar-refractivity contribution in [3.8, 4) is 11.5 Å². The van der Waals surface area contributed by atoms with E-state index in [0.29, 0.717) is 30.3 Å². The maximum absolute atomic E-state index is 11.7. The molecule has 0 aliphatic rings. The van der Waals surface area contributed by atoms with Crippen LogP contribution in [0.1, 0.15) is 11.3 Å². The van der Waals surface area contributed by atoms with Gasteiger partial charge < -0.3 is 30.3 Å². The number of nitrogens with one attached hydrogen (secondary N) is 2. The Kier molecular flexibility index (Phi) is 9.34. The number of nitrogens with zero attached hydrogens (tertiary/aromatic N) is 1. The molecule has 0 aliphatic heterocycles. The molecule has 2 aromatic rings. The molecule has 4 N–H and O–H groups in total. The van der Waals surface area contributed by atoms with Crippen molar-refractivity contribution >= 4 is 35.8 Å². The van der Waals surface area contributed by atoms with Crippen LogP contribution in [0, 0.1) is 0 Å². The summed E-state index contributed by atoms with van der Waals surface area (Å²) >= 11 is 0. The summed E-state index contributed by atoms with van der Waals surface area (Å²) in [4.78, 5) is 15.9. The van der Waals surface area contributed by atoms with Crippen LogP contribution in [0.25, 0.3) is 0 Å². The fourth-order valence-corrected chi connectivity index (χ4v) is 2.04. The molecule has 2 rings (SSSR count). The first kappa shape index (κ1) is 21.6. The molecule has 1 aromatic carbocycles. The number of rotatable bonds is 8. The fraction of sp³-hybridized carbons (Fsp3) is 0.294. The lowest BCUT2D eigenvalue weighted by Gasteiger charge is -2.09. The Hall–Kier alpha value is -2.43. The predicted molar refractivity (Wildman–Crippen MR) is 109 cm³/mol. The van der Waals surface area contributed by atoms with Crippen molar-refractivity contribution in [2.45, 2.75) is 13.1 Å². The van der Waals surface area contributed by atoms with E-state index in [-0.39, 0.29) is 42.4 Å². The average Bonchev–Trinajstić information content (AvgIpc) is 3.16. The minimum absolute atomic E-state index is 0. The number of nitrogens with two attached hydrogens (primary N) is 1. The Morgan fingerprint density at radius 1 is 1.19 bits per heavy atom. The lowest BCUT2D eigenvalue weighted by molar-refractivity contribution is -0.120. The van der Waals surface area contributed by atoms with Crippen molar-refractivity contribution in [3.05, 3.63) is 47.9 Å². The molecular weight excluding hydrogens is 451 g/mol. The van der Waals surface area contributed by atoms with Crippen molar-refractivity contribution in [2.24, 2.45) is 10.7 Å². The third kappa shape index (κ3) is 6.82. The average molecular weight is 474 g/mol. The number of carbonyl (C=O) groups excluding carboxylic acids is 1. The standard InChI is InChI=1S/C17H22N4O4.HI/c1-23-14-6-5-12(8-15(14)24-2)9-20-17(18)21-11-16(22)19-10-13-4-3-7-25-13;/h3-8H,9-11H2,1-2H3,(H,19,22)(H3,18,20,21);1H. The number of hydrogen-bond donors (Lipinski definition) is 3. The van der Waals surface area contributed by atoms with Crippen LogP contribution in [0.3, 0.4) is 0 Å². The monoisotopic (exact) mass is 474 g/mol. The van der Waals surface area contributed by atoms with E-state index >= 15 is 0 Å². The number of guanidine groups is 1. The molecule has 1 amide bonds. The molecule has 8 nitrogen and oxygen atoms in total. The van der Waals surface area contributed by atoms with Gasteiger partial charge in [0.15, 0.2) is 17.5 Å². The van der Waals surface area contributed by atoms with Crippen molar-refractivity contribution in [3.63, 3.8) is 0 Å². The highest BCUT2D eigenvalue weighted by Gasteiger charge is 2.05. The first-order valence-electron chi connectivity index (χ1n) is 7.66. The first-order valence-corrected chi connectivity index (χ1v) is 7.66. The molecule has 26 heavy (non-hydrogen) atoms. The molecule has 9 heteroatoms. The Labute approximate surface area is 169 Å². The van der Waals surface area contributed by atoms with Gasteiger partial charge in [0, 0.05) is 0 Å². The van der Waals surface area contributed by atoms with Crippen molar-refractivity contribution in [1.29, 1.82) is 0 Å². The maximum Gasteiger partial charge on any atom is 0.239 e. The Morgan fingerprint density at radius 3 is 2.62 bits per heavy atom. The molecule has 0 unspecified atom stereocenters. The van der Waals surface area contributed by atoms with Gasteiger partial charge in [-0.1, -0.05) is 6.07 Å². The van der Waals surface area contributed by atoms with Crippen LogP contribution in [0.2, 0.25) is 0 Å². The van der Waals surface area contributed by atoms with Crippen LogP contribution >= 0.6 is 24.0 Å². The Balaban J connectivity index is 0.00000338. The lowest BCUT2D eigenvalue weighted by atomic mass is 10.2. The molecule has 0 bridgehead atoms. The van der Waals surface area contributed by atoms with Crippen molar-refractivity contribution < 1.29 is 18.7 Å². The summed E-state index contributed by atoms with van der Waals surface area (Å²) in [6.07, 6.45) is 1.55. The highest BCUT2D eigenvalue weighted by molar-refractivity contribution is 14.0. The summed E-state index contributed by atoms with van der Waals surface area (Å²) in [5.74, 6) is 1.93. The van der Waals surface area contributed by atoms with E-state index in [9.17, 15) is 4.79 Å². The van der Waals surface area contributed by atoms with E-state index in [4.69, 9.17) is 19.6 Å². The van der Waals surface area contributed by atoms with E-state index in [1.54, 1.807) is 38.7 Å². The third-order valence-electron chi connectivity index (χ3n) is 3.35. The van der Waals surface area contributed by atoms with Crippen LogP contribution in [0.15, 0.2) is 46.0 Å². The smallest absolute Gasteiger partial charge is 0.239 e. The molecule has 0 saturated heterocycles. The summed E-state index contributed by atoms with van der Waals surface area (Å²) in [7, 11) is 3.15. The first-order chi connectivity index (χ1) is 12.1. The SMILES string of the molecule is COc1ccc(CN=C(N)NCC(=O)NCc2ccco2)cc1OC.I. The highest BCUT2D eigenvalue weighted by atomic mass is 127. The van der Waals surface area contributed by atoms with E-state index in [2.05, 4.69) is 15.6 Å². The quantitative estimate of drug-likeness (QED) is 0.305. The zero-order valence-electron chi connectivity index (χ0n) is 14.7. The topological polar surface area (TPSA) is 111 Å². The summed E-state index contributed by atoms with van der Waals surface area (Å²) < 4.78 is 15.6. The number of carbonyl (C=O) groups is 1. The van der Waals surface area contributed by atoms with Crippen LogP contribution in [0.4, 0.5) is 0 Å². The van der Waals surface area contributed by atoms with Gasteiger partial charge in [0.05, 0.1) is 40.1 Å². The third-order valence-corrected chi connectivity index (χ3v) is 3.35. The Bertz CT molecular complexity index is 720. The normalized spacial score (nSPS) is 10.6. The molecule has 1 heterocycles. The van der Waals surface area contributed by atoms with E-state index in [1.807, 2.05) is 12.1 Å². The highest BCUT2D eigenvalue weighted by Crippen LogP contribution is 2.27. The van der Waals surface area contributed by atoms with E-state index in [1.165, 1.54) is 0 Å². The molecule has 0 aliphatic carbocycles. The largest absolute Gasteiger partial charge is 0.493 e. The lowest BCUT2D eigenvalue weighted by Crippen LogP contribution is -2.40. The fourth-order valence-electron chi connectivity index (χ4n) is 2.04. The van der Waals surface area contributed by atoms with Crippen molar-refractivity contribution in [1.82, 2.24) is 10.6 Å². The minimum atomic E-state index is -0.208. The van der Waals surface area contributed by atoms with E-state index < -0.39 is 0 Å².